The van der Waals surface area contributed by atoms with E-state index in [1.54, 1.807) is 6.07 Å². The van der Waals surface area contributed by atoms with Crippen molar-refractivity contribution in [3.63, 3.8) is 0 Å². The summed E-state index contributed by atoms with van der Waals surface area (Å²) in [6, 6.07) is 4.49. The van der Waals surface area contributed by atoms with E-state index in [1.165, 1.54) is 12.1 Å². The molecule has 1 fully saturated rings. The summed E-state index contributed by atoms with van der Waals surface area (Å²) < 4.78 is 13.8. The van der Waals surface area contributed by atoms with Gasteiger partial charge < -0.3 is 5.11 Å². The maximum atomic E-state index is 13.8. The Kier molecular flexibility index (Phi) is 5.03. The minimum absolute atomic E-state index is 0.000772. The van der Waals surface area contributed by atoms with Crippen molar-refractivity contribution in [2.75, 3.05) is 0 Å². The molecule has 0 spiro atoms. The third kappa shape index (κ3) is 3.51. The number of hydrogen-bond donors (Lipinski definition) is 1. The average molecular weight is 299 g/mol. The molecule has 0 amide bonds. The molecule has 1 aliphatic rings. The van der Waals surface area contributed by atoms with Crippen molar-refractivity contribution in [2.45, 2.75) is 39.0 Å². The largest absolute Gasteiger partial charge is 0.481 e. The molecule has 3 atom stereocenters. The van der Waals surface area contributed by atoms with Crippen molar-refractivity contribution < 1.29 is 14.3 Å². The van der Waals surface area contributed by atoms with E-state index >= 15 is 0 Å². The summed E-state index contributed by atoms with van der Waals surface area (Å²) in [5, 5.41) is 9.85. The molecule has 110 valence electrons. The Bertz CT molecular complexity index is 489. The fourth-order valence-corrected chi connectivity index (χ4v) is 3.46. The highest BCUT2D eigenvalue weighted by atomic mass is 35.5. The fourth-order valence-electron chi connectivity index (χ4n) is 3.26. The Morgan fingerprint density at radius 3 is 2.85 bits per heavy atom. The molecule has 20 heavy (non-hydrogen) atoms. The van der Waals surface area contributed by atoms with Crippen LogP contribution in [0, 0.1) is 23.6 Å². The van der Waals surface area contributed by atoms with Crippen LogP contribution in [0.2, 0.25) is 5.02 Å². The highest BCUT2D eigenvalue weighted by molar-refractivity contribution is 6.30. The van der Waals surface area contributed by atoms with Crippen molar-refractivity contribution in [3.05, 3.63) is 34.6 Å². The summed E-state index contributed by atoms with van der Waals surface area (Å²) in [7, 11) is 0. The minimum atomic E-state index is -0.757. The highest BCUT2D eigenvalue weighted by Gasteiger charge is 2.34. The summed E-state index contributed by atoms with van der Waals surface area (Å²) in [6.07, 6.45) is 4.03. The Morgan fingerprint density at radius 2 is 2.20 bits per heavy atom. The fraction of sp³-hybridized carbons (Fsp3) is 0.562. The number of hydrogen-bond acceptors (Lipinski definition) is 1. The van der Waals surface area contributed by atoms with Crippen LogP contribution in [0.15, 0.2) is 18.2 Å². The first-order chi connectivity index (χ1) is 9.51. The lowest BCUT2D eigenvalue weighted by molar-refractivity contribution is -0.145. The molecule has 0 saturated heterocycles. The van der Waals surface area contributed by atoms with Crippen molar-refractivity contribution in [1.82, 2.24) is 0 Å². The lowest BCUT2D eigenvalue weighted by Crippen LogP contribution is -2.32. The molecule has 1 aromatic rings. The summed E-state index contributed by atoms with van der Waals surface area (Å²) in [6.45, 7) is 2.13. The van der Waals surface area contributed by atoms with Gasteiger partial charge in [-0.25, -0.2) is 4.39 Å². The molecule has 3 unspecified atom stereocenters. The van der Waals surface area contributed by atoms with E-state index in [0.717, 1.165) is 19.3 Å². The van der Waals surface area contributed by atoms with Gasteiger partial charge in [0.1, 0.15) is 5.82 Å². The molecule has 0 aliphatic heterocycles. The van der Waals surface area contributed by atoms with Gasteiger partial charge in [0, 0.05) is 5.02 Å². The maximum absolute atomic E-state index is 13.8. The number of carbonyl (C=O) groups is 1. The lowest BCUT2D eigenvalue weighted by Gasteiger charge is -2.33. The van der Waals surface area contributed by atoms with Crippen molar-refractivity contribution >= 4 is 17.6 Å². The highest BCUT2D eigenvalue weighted by Crippen LogP contribution is 2.38. The predicted octanol–water partition coefficient (Wildman–Crippen LogP) is 4.55. The van der Waals surface area contributed by atoms with E-state index in [-0.39, 0.29) is 17.7 Å². The van der Waals surface area contributed by atoms with Crippen LogP contribution in [0.3, 0.4) is 0 Å². The zero-order valence-electron chi connectivity index (χ0n) is 11.6. The van der Waals surface area contributed by atoms with E-state index in [0.29, 0.717) is 29.3 Å². The SMILES string of the molecule is CCC1CCC(C(=O)O)C(Cc2cc(Cl)ccc2F)C1. The van der Waals surface area contributed by atoms with E-state index < -0.39 is 5.97 Å². The zero-order chi connectivity index (χ0) is 14.7. The number of carboxylic acids is 1. The summed E-state index contributed by atoms with van der Waals surface area (Å²) in [4.78, 5) is 11.4. The van der Waals surface area contributed by atoms with E-state index in [1.807, 2.05) is 0 Å². The molecular formula is C16H20ClFO2. The molecule has 1 saturated carbocycles. The first-order valence-electron chi connectivity index (χ1n) is 7.18. The van der Waals surface area contributed by atoms with Gasteiger partial charge in [0.05, 0.1) is 5.92 Å². The Labute approximate surface area is 123 Å². The van der Waals surface area contributed by atoms with E-state index in [4.69, 9.17) is 11.6 Å². The quantitative estimate of drug-likeness (QED) is 0.885. The molecule has 0 heterocycles. The van der Waals surface area contributed by atoms with Crippen LogP contribution in [-0.4, -0.2) is 11.1 Å². The number of halogens is 2. The molecule has 0 aromatic heterocycles. The third-order valence-corrected chi connectivity index (χ3v) is 4.71. The second-order valence-corrected chi connectivity index (χ2v) is 6.17. The molecule has 1 aromatic carbocycles. The van der Waals surface area contributed by atoms with Gasteiger partial charge in [-0.15, -0.1) is 0 Å². The lowest BCUT2D eigenvalue weighted by atomic mass is 9.71. The van der Waals surface area contributed by atoms with Crippen LogP contribution in [0.25, 0.3) is 0 Å². The molecular weight excluding hydrogens is 279 g/mol. The van der Waals surface area contributed by atoms with Crippen LogP contribution < -0.4 is 0 Å². The topological polar surface area (TPSA) is 37.3 Å². The average Bonchev–Trinajstić information content (AvgIpc) is 2.42. The molecule has 0 bridgehead atoms. The van der Waals surface area contributed by atoms with Gasteiger partial charge in [-0.3, -0.25) is 4.79 Å². The van der Waals surface area contributed by atoms with Crippen LogP contribution in [0.4, 0.5) is 4.39 Å². The Morgan fingerprint density at radius 1 is 1.45 bits per heavy atom. The van der Waals surface area contributed by atoms with Crippen LogP contribution >= 0.6 is 11.6 Å². The van der Waals surface area contributed by atoms with Gasteiger partial charge in [-0.1, -0.05) is 24.9 Å². The summed E-state index contributed by atoms with van der Waals surface area (Å²) >= 11 is 5.91. The molecule has 0 radical (unpaired) electrons. The van der Waals surface area contributed by atoms with Gasteiger partial charge in [0.2, 0.25) is 0 Å². The van der Waals surface area contributed by atoms with Crippen molar-refractivity contribution in [3.8, 4) is 0 Å². The predicted molar refractivity (Wildman–Crippen MR) is 77.4 cm³/mol. The standard InChI is InChI=1S/C16H20ClFO2/c1-2-10-3-5-14(16(19)20)11(7-10)8-12-9-13(17)4-6-15(12)18/h4,6,9-11,14H,2-3,5,7-8H2,1H3,(H,19,20). The van der Waals surface area contributed by atoms with Gasteiger partial charge in [-0.2, -0.15) is 0 Å². The summed E-state index contributed by atoms with van der Waals surface area (Å²) in [5.74, 6) is -0.864. The maximum Gasteiger partial charge on any atom is 0.306 e. The number of carboxylic acid groups (broad SMARTS) is 1. The number of rotatable bonds is 4. The first kappa shape index (κ1) is 15.3. The Hall–Kier alpha value is -1.09. The van der Waals surface area contributed by atoms with Crippen LogP contribution in [-0.2, 0) is 11.2 Å². The number of benzene rings is 1. The Balaban J connectivity index is 2.18. The van der Waals surface area contributed by atoms with Crippen LogP contribution in [0.1, 0.15) is 38.2 Å². The zero-order valence-corrected chi connectivity index (χ0v) is 12.4. The van der Waals surface area contributed by atoms with Gasteiger partial charge in [-0.05, 0) is 61.3 Å². The van der Waals surface area contributed by atoms with Gasteiger partial charge in [0.15, 0.2) is 0 Å². The second kappa shape index (κ2) is 6.57. The monoisotopic (exact) mass is 298 g/mol. The molecule has 2 rings (SSSR count). The molecule has 1 aliphatic carbocycles. The smallest absolute Gasteiger partial charge is 0.306 e. The normalized spacial score (nSPS) is 26.4. The van der Waals surface area contributed by atoms with E-state index in [2.05, 4.69) is 6.92 Å². The molecule has 4 heteroatoms. The van der Waals surface area contributed by atoms with Gasteiger partial charge >= 0.3 is 5.97 Å². The van der Waals surface area contributed by atoms with Crippen molar-refractivity contribution in [1.29, 1.82) is 0 Å². The van der Waals surface area contributed by atoms with Crippen molar-refractivity contribution in [2.24, 2.45) is 17.8 Å². The third-order valence-electron chi connectivity index (χ3n) is 4.48. The molecule has 1 N–H and O–H groups in total. The number of aliphatic carboxylic acids is 1. The summed E-state index contributed by atoms with van der Waals surface area (Å²) in [5.41, 5.74) is 0.533. The van der Waals surface area contributed by atoms with E-state index in [9.17, 15) is 14.3 Å². The second-order valence-electron chi connectivity index (χ2n) is 5.73. The van der Waals surface area contributed by atoms with Gasteiger partial charge in [0.25, 0.3) is 0 Å². The van der Waals surface area contributed by atoms with Crippen LogP contribution in [0.5, 0.6) is 0 Å². The first-order valence-corrected chi connectivity index (χ1v) is 7.55. The molecule has 2 nitrogen and oxygen atoms in total. The minimum Gasteiger partial charge on any atom is -0.481 e.